The summed E-state index contributed by atoms with van der Waals surface area (Å²) in [6, 6.07) is 2.51. The monoisotopic (exact) mass is 176 g/mol. The zero-order chi connectivity index (χ0) is 9.52. The van der Waals surface area contributed by atoms with Gasteiger partial charge in [-0.3, -0.25) is 4.90 Å². The predicted molar refractivity (Wildman–Crippen MR) is 52.9 cm³/mol. The molecule has 1 saturated heterocycles. The van der Waals surface area contributed by atoms with Crippen LogP contribution in [0.1, 0.15) is 32.1 Å². The summed E-state index contributed by atoms with van der Waals surface area (Å²) in [6.45, 7) is 2.24. The van der Waals surface area contributed by atoms with Crippen LogP contribution in [0.4, 0.5) is 0 Å². The van der Waals surface area contributed by atoms with Crippen molar-refractivity contribution in [1.82, 2.24) is 4.90 Å². The van der Waals surface area contributed by atoms with Crippen molar-refractivity contribution in [3.8, 4) is 18.4 Å². The van der Waals surface area contributed by atoms with E-state index in [2.05, 4.69) is 16.9 Å². The minimum atomic E-state index is 0.301. The molecule has 0 aromatic rings. The van der Waals surface area contributed by atoms with Gasteiger partial charge in [0.15, 0.2) is 0 Å². The average molecular weight is 176 g/mol. The van der Waals surface area contributed by atoms with Gasteiger partial charge in [-0.25, -0.2) is 0 Å². The Kier molecular flexibility index (Phi) is 4.36. The smallest absolute Gasteiger partial charge is 0.0638 e. The molecule has 0 saturated carbocycles. The van der Waals surface area contributed by atoms with Gasteiger partial charge in [-0.1, -0.05) is 6.42 Å². The Morgan fingerprint density at radius 1 is 1.23 bits per heavy atom. The van der Waals surface area contributed by atoms with Gasteiger partial charge in [-0.15, -0.1) is 12.3 Å². The van der Waals surface area contributed by atoms with Crippen molar-refractivity contribution < 1.29 is 0 Å². The number of hydrogen-bond donors (Lipinski definition) is 0. The molecule has 2 heteroatoms. The molecule has 0 aromatic heterocycles. The van der Waals surface area contributed by atoms with Crippen molar-refractivity contribution in [1.29, 1.82) is 5.26 Å². The van der Waals surface area contributed by atoms with Gasteiger partial charge < -0.3 is 0 Å². The zero-order valence-corrected chi connectivity index (χ0v) is 8.00. The lowest BCUT2D eigenvalue weighted by Gasteiger charge is -2.32. The lowest BCUT2D eigenvalue weighted by Crippen LogP contribution is -2.38. The highest BCUT2D eigenvalue weighted by molar-refractivity contribution is 4.94. The number of likely N-dealkylation sites (tertiary alicyclic amines) is 1. The Balaban J connectivity index is 2.43. The largest absolute Gasteiger partial charge is 0.298 e. The lowest BCUT2D eigenvalue weighted by atomic mass is 10.0. The predicted octanol–water partition coefficient (Wildman–Crippen LogP) is 1.78. The van der Waals surface area contributed by atoms with Crippen molar-refractivity contribution in [2.45, 2.75) is 38.1 Å². The fourth-order valence-corrected chi connectivity index (χ4v) is 1.86. The first-order valence-electron chi connectivity index (χ1n) is 4.93. The van der Waals surface area contributed by atoms with Crippen molar-refractivity contribution in [3.05, 3.63) is 0 Å². The van der Waals surface area contributed by atoms with Gasteiger partial charge >= 0.3 is 0 Å². The molecule has 1 aliphatic rings. The van der Waals surface area contributed by atoms with Gasteiger partial charge in [0.1, 0.15) is 0 Å². The molecule has 1 atom stereocenters. The second-order valence-electron chi connectivity index (χ2n) is 3.52. The third-order valence-electron chi connectivity index (χ3n) is 2.59. The summed E-state index contributed by atoms with van der Waals surface area (Å²) < 4.78 is 0. The van der Waals surface area contributed by atoms with Crippen molar-refractivity contribution in [2.75, 3.05) is 13.1 Å². The molecule has 2 nitrogen and oxygen atoms in total. The number of rotatable bonds is 3. The van der Waals surface area contributed by atoms with Crippen molar-refractivity contribution >= 4 is 0 Å². The number of piperidine rings is 1. The zero-order valence-electron chi connectivity index (χ0n) is 8.00. The molecule has 13 heavy (non-hydrogen) atoms. The maximum absolute atomic E-state index is 8.65. The van der Waals surface area contributed by atoms with E-state index in [0.717, 1.165) is 13.1 Å². The van der Waals surface area contributed by atoms with E-state index >= 15 is 0 Å². The van der Waals surface area contributed by atoms with Crippen LogP contribution in [0, 0.1) is 23.7 Å². The Morgan fingerprint density at radius 3 is 2.46 bits per heavy atom. The van der Waals surface area contributed by atoms with Gasteiger partial charge in [0, 0.05) is 12.5 Å². The highest BCUT2D eigenvalue weighted by atomic mass is 15.2. The first-order valence-corrected chi connectivity index (χ1v) is 4.93. The van der Waals surface area contributed by atoms with Crippen LogP contribution in [0.15, 0.2) is 0 Å². The minimum absolute atomic E-state index is 0.301. The van der Waals surface area contributed by atoms with Crippen LogP contribution in [0.3, 0.4) is 0 Å². The molecule has 0 N–H and O–H groups in total. The number of terminal acetylenes is 1. The van der Waals surface area contributed by atoms with E-state index in [9.17, 15) is 0 Å². The molecule has 70 valence electrons. The number of nitriles is 1. The molecule has 1 fully saturated rings. The maximum atomic E-state index is 8.65. The Morgan fingerprint density at radius 2 is 1.92 bits per heavy atom. The summed E-state index contributed by atoms with van der Waals surface area (Å²) in [4.78, 5) is 2.37. The van der Waals surface area contributed by atoms with Crippen LogP contribution < -0.4 is 0 Å². The number of nitrogens with zero attached hydrogens (tertiary/aromatic N) is 2. The van der Waals surface area contributed by atoms with Crippen LogP contribution in [-0.4, -0.2) is 24.0 Å². The SMILES string of the molecule is C#CCC(CC#N)N1CCCCC1. The van der Waals surface area contributed by atoms with Gasteiger partial charge in [0.05, 0.1) is 12.5 Å². The first-order chi connectivity index (χ1) is 6.38. The fourth-order valence-electron chi connectivity index (χ4n) is 1.86. The van der Waals surface area contributed by atoms with E-state index in [0.29, 0.717) is 18.9 Å². The van der Waals surface area contributed by atoms with Crippen LogP contribution >= 0.6 is 0 Å². The summed E-state index contributed by atoms with van der Waals surface area (Å²) in [6.07, 6.45) is 10.4. The molecule has 1 aliphatic heterocycles. The van der Waals surface area contributed by atoms with Gasteiger partial charge in [-0.05, 0) is 25.9 Å². The molecule has 1 rings (SSSR count). The lowest BCUT2D eigenvalue weighted by molar-refractivity contribution is 0.167. The molecule has 1 unspecified atom stereocenters. The van der Waals surface area contributed by atoms with E-state index in [1.807, 2.05) is 0 Å². The van der Waals surface area contributed by atoms with E-state index in [4.69, 9.17) is 11.7 Å². The van der Waals surface area contributed by atoms with Crippen LogP contribution in [0.25, 0.3) is 0 Å². The second-order valence-corrected chi connectivity index (χ2v) is 3.52. The standard InChI is InChI=1S/C11H16N2/c1-2-6-11(7-8-12)13-9-4-3-5-10-13/h1,11H,3-7,9-10H2. The molecule has 0 bridgehead atoms. The average Bonchev–Trinajstić information content (AvgIpc) is 2.19. The Hall–Kier alpha value is -0.990. The molecule has 0 amide bonds. The molecule has 0 aromatic carbocycles. The normalized spacial score (nSPS) is 20.2. The molecule has 0 radical (unpaired) electrons. The summed E-state index contributed by atoms with van der Waals surface area (Å²) >= 11 is 0. The van der Waals surface area contributed by atoms with E-state index in [1.165, 1.54) is 19.3 Å². The quantitative estimate of drug-likeness (QED) is 0.613. The summed E-state index contributed by atoms with van der Waals surface area (Å²) in [5.41, 5.74) is 0. The van der Waals surface area contributed by atoms with Gasteiger partial charge in [0.25, 0.3) is 0 Å². The molecule has 0 aliphatic carbocycles. The van der Waals surface area contributed by atoms with Gasteiger partial charge in [-0.2, -0.15) is 5.26 Å². The van der Waals surface area contributed by atoms with Gasteiger partial charge in [0.2, 0.25) is 0 Å². The molecule has 0 spiro atoms. The highest BCUT2D eigenvalue weighted by Gasteiger charge is 2.19. The molecular weight excluding hydrogens is 160 g/mol. The molecular formula is C11H16N2. The van der Waals surface area contributed by atoms with Crippen molar-refractivity contribution in [2.24, 2.45) is 0 Å². The first kappa shape index (κ1) is 10.1. The summed E-state index contributed by atoms with van der Waals surface area (Å²) in [5, 5.41) is 8.65. The third kappa shape index (κ3) is 3.09. The minimum Gasteiger partial charge on any atom is -0.298 e. The van der Waals surface area contributed by atoms with Crippen LogP contribution in [-0.2, 0) is 0 Å². The van der Waals surface area contributed by atoms with Crippen molar-refractivity contribution in [3.63, 3.8) is 0 Å². The Bertz CT molecular complexity index is 199. The van der Waals surface area contributed by atoms with E-state index in [1.54, 1.807) is 0 Å². The maximum Gasteiger partial charge on any atom is 0.0638 e. The third-order valence-corrected chi connectivity index (χ3v) is 2.59. The van der Waals surface area contributed by atoms with E-state index < -0.39 is 0 Å². The topological polar surface area (TPSA) is 27.0 Å². The van der Waals surface area contributed by atoms with Crippen LogP contribution in [0.2, 0.25) is 0 Å². The second kappa shape index (κ2) is 5.62. The fraction of sp³-hybridized carbons (Fsp3) is 0.727. The number of hydrogen-bond acceptors (Lipinski definition) is 2. The van der Waals surface area contributed by atoms with E-state index in [-0.39, 0.29) is 0 Å². The summed E-state index contributed by atoms with van der Waals surface area (Å²) in [7, 11) is 0. The summed E-state index contributed by atoms with van der Waals surface area (Å²) in [5.74, 6) is 2.66. The van der Waals surface area contributed by atoms with Crippen LogP contribution in [0.5, 0.6) is 0 Å². The Labute approximate surface area is 80.5 Å². The molecule has 1 heterocycles. The highest BCUT2D eigenvalue weighted by Crippen LogP contribution is 2.15.